The van der Waals surface area contributed by atoms with Crippen LogP contribution in [0.2, 0.25) is 10.0 Å². The summed E-state index contributed by atoms with van der Waals surface area (Å²) >= 11 is 12.4. The van der Waals surface area contributed by atoms with Gasteiger partial charge in [0.1, 0.15) is 11.9 Å². The van der Waals surface area contributed by atoms with E-state index in [0.29, 0.717) is 35.1 Å². The normalized spacial score (nSPS) is 18.1. The van der Waals surface area contributed by atoms with Gasteiger partial charge in [-0.15, -0.1) is 0 Å². The van der Waals surface area contributed by atoms with Gasteiger partial charge in [0.15, 0.2) is 0 Å². The van der Waals surface area contributed by atoms with Crippen LogP contribution < -0.4 is 10.7 Å². The number of fused-ring (bicyclic) bond motifs is 1. The van der Waals surface area contributed by atoms with E-state index in [9.17, 15) is 4.79 Å². The molecule has 1 amide bonds. The van der Waals surface area contributed by atoms with Crippen molar-refractivity contribution in [2.45, 2.75) is 19.4 Å². The molecule has 1 aromatic carbocycles. The standard InChI is InChI=1S/C22H23Cl2N5O/c1-14-20(22(30)28(2)12-9-16-5-3-4-10-25-16)21(29-19(27-14)8-11-26-29)15-6-7-17(23)18(24)13-15/h3-8,10,13,21,26-27H,9,11-12H2,1-2H3. The van der Waals surface area contributed by atoms with Gasteiger partial charge in [0.2, 0.25) is 0 Å². The number of likely N-dealkylation sites (N-methyl/N-ethyl adjacent to an activating group) is 1. The predicted octanol–water partition coefficient (Wildman–Crippen LogP) is 3.67. The van der Waals surface area contributed by atoms with Crippen LogP contribution >= 0.6 is 23.2 Å². The molecule has 0 radical (unpaired) electrons. The molecule has 2 aliphatic heterocycles. The molecule has 0 aliphatic carbocycles. The number of nitrogens with one attached hydrogen (secondary N) is 2. The molecule has 1 aromatic heterocycles. The van der Waals surface area contributed by atoms with E-state index in [0.717, 1.165) is 22.8 Å². The van der Waals surface area contributed by atoms with Gasteiger partial charge in [0.25, 0.3) is 5.91 Å². The van der Waals surface area contributed by atoms with E-state index in [1.54, 1.807) is 17.2 Å². The number of carbonyl (C=O) groups excluding carboxylic acids is 1. The van der Waals surface area contributed by atoms with Crippen LogP contribution in [0.25, 0.3) is 0 Å². The number of nitrogens with zero attached hydrogens (tertiary/aromatic N) is 3. The van der Waals surface area contributed by atoms with Crippen LogP contribution in [-0.4, -0.2) is 40.9 Å². The first-order valence-corrected chi connectivity index (χ1v) is 10.5. The molecule has 2 aromatic rings. The van der Waals surface area contributed by atoms with E-state index >= 15 is 0 Å². The second kappa shape index (κ2) is 8.68. The molecule has 0 fully saturated rings. The number of pyridine rings is 1. The Morgan fingerprint density at radius 2 is 2.10 bits per heavy atom. The topological polar surface area (TPSA) is 60.5 Å². The predicted molar refractivity (Wildman–Crippen MR) is 119 cm³/mol. The number of amides is 1. The van der Waals surface area contributed by atoms with Crippen LogP contribution in [0.3, 0.4) is 0 Å². The number of rotatable bonds is 5. The first-order chi connectivity index (χ1) is 14.5. The van der Waals surface area contributed by atoms with Crippen LogP contribution in [0, 0.1) is 0 Å². The van der Waals surface area contributed by atoms with Crippen molar-refractivity contribution in [3.05, 3.63) is 87.1 Å². The van der Waals surface area contributed by atoms with Crippen molar-refractivity contribution in [3.63, 3.8) is 0 Å². The second-order valence-electron chi connectivity index (χ2n) is 7.36. The average molecular weight is 444 g/mol. The Kier molecular flexibility index (Phi) is 5.99. The van der Waals surface area contributed by atoms with E-state index in [-0.39, 0.29) is 11.9 Å². The van der Waals surface area contributed by atoms with Gasteiger partial charge in [-0.25, -0.2) is 5.43 Å². The number of hydrazine groups is 1. The highest BCUT2D eigenvalue weighted by Crippen LogP contribution is 2.38. The third kappa shape index (κ3) is 4.03. The number of benzene rings is 1. The Bertz CT molecular complexity index is 1020. The third-order valence-corrected chi connectivity index (χ3v) is 6.07. The Labute approximate surface area is 186 Å². The molecular weight excluding hydrogens is 421 g/mol. The summed E-state index contributed by atoms with van der Waals surface area (Å²) in [5.74, 6) is 0.885. The fourth-order valence-electron chi connectivity index (χ4n) is 3.77. The summed E-state index contributed by atoms with van der Waals surface area (Å²) in [6, 6.07) is 11.0. The summed E-state index contributed by atoms with van der Waals surface area (Å²) < 4.78 is 0. The van der Waals surface area contributed by atoms with Crippen molar-refractivity contribution >= 4 is 29.1 Å². The molecule has 0 spiro atoms. The maximum Gasteiger partial charge on any atom is 0.253 e. The average Bonchev–Trinajstić information content (AvgIpc) is 3.21. The van der Waals surface area contributed by atoms with E-state index in [1.165, 1.54) is 0 Å². The Morgan fingerprint density at radius 3 is 2.83 bits per heavy atom. The highest BCUT2D eigenvalue weighted by molar-refractivity contribution is 6.42. The number of carbonyl (C=O) groups is 1. The fourth-order valence-corrected chi connectivity index (χ4v) is 4.08. The lowest BCUT2D eigenvalue weighted by atomic mass is 9.93. The molecular formula is C22H23Cl2N5O. The Hall–Kier alpha value is -2.54. The highest BCUT2D eigenvalue weighted by Gasteiger charge is 2.38. The van der Waals surface area contributed by atoms with Gasteiger partial charge in [-0.3, -0.25) is 14.8 Å². The zero-order valence-corrected chi connectivity index (χ0v) is 18.3. The SMILES string of the molecule is CC1=C(C(=O)N(C)CCc2ccccn2)C(c2ccc(Cl)c(Cl)c2)N2NCC=C2N1. The van der Waals surface area contributed by atoms with Gasteiger partial charge in [-0.2, -0.15) is 0 Å². The minimum atomic E-state index is -0.320. The second-order valence-corrected chi connectivity index (χ2v) is 8.17. The van der Waals surface area contributed by atoms with Gasteiger partial charge in [-0.1, -0.05) is 35.3 Å². The van der Waals surface area contributed by atoms with Crippen LogP contribution in [-0.2, 0) is 11.2 Å². The zero-order chi connectivity index (χ0) is 21.3. The molecule has 1 unspecified atom stereocenters. The summed E-state index contributed by atoms with van der Waals surface area (Å²) in [7, 11) is 1.82. The summed E-state index contributed by atoms with van der Waals surface area (Å²) in [5.41, 5.74) is 6.68. The van der Waals surface area contributed by atoms with E-state index < -0.39 is 0 Å². The van der Waals surface area contributed by atoms with Crippen LogP contribution in [0.15, 0.2) is 65.8 Å². The molecule has 0 bridgehead atoms. The third-order valence-electron chi connectivity index (χ3n) is 5.33. The fraction of sp³-hybridized carbons (Fsp3) is 0.273. The maximum atomic E-state index is 13.5. The summed E-state index contributed by atoms with van der Waals surface area (Å²) in [6.07, 6.45) is 4.51. The van der Waals surface area contributed by atoms with Crippen molar-refractivity contribution in [1.29, 1.82) is 0 Å². The van der Waals surface area contributed by atoms with Crippen molar-refractivity contribution in [1.82, 2.24) is 25.6 Å². The van der Waals surface area contributed by atoms with Crippen LogP contribution in [0.5, 0.6) is 0 Å². The van der Waals surface area contributed by atoms with Gasteiger partial charge in [-0.05, 0) is 42.8 Å². The van der Waals surface area contributed by atoms with Crippen molar-refractivity contribution < 1.29 is 4.79 Å². The molecule has 4 rings (SSSR count). The first kappa shape index (κ1) is 20.7. The molecule has 0 saturated carbocycles. The quantitative estimate of drug-likeness (QED) is 0.737. The largest absolute Gasteiger partial charge is 0.344 e. The number of hydrogen-bond acceptors (Lipinski definition) is 5. The molecule has 30 heavy (non-hydrogen) atoms. The first-order valence-electron chi connectivity index (χ1n) is 9.76. The molecule has 156 valence electrons. The number of aromatic nitrogens is 1. The molecule has 8 heteroatoms. The molecule has 0 saturated heterocycles. The summed E-state index contributed by atoms with van der Waals surface area (Å²) in [4.78, 5) is 19.6. The van der Waals surface area contributed by atoms with E-state index in [1.807, 2.05) is 49.3 Å². The molecule has 1 atom stereocenters. The van der Waals surface area contributed by atoms with Crippen molar-refractivity contribution in [2.24, 2.45) is 0 Å². The van der Waals surface area contributed by atoms with Crippen LogP contribution in [0.4, 0.5) is 0 Å². The Balaban J connectivity index is 1.64. The van der Waals surface area contributed by atoms with E-state index in [4.69, 9.17) is 23.2 Å². The van der Waals surface area contributed by atoms with Gasteiger partial charge < -0.3 is 10.2 Å². The number of allylic oxidation sites excluding steroid dienone is 1. The smallest absolute Gasteiger partial charge is 0.253 e. The molecule has 2 N–H and O–H groups in total. The lowest BCUT2D eigenvalue weighted by Gasteiger charge is -2.39. The molecule has 2 aliphatic rings. The number of hydrogen-bond donors (Lipinski definition) is 2. The highest BCUT2D eigenvalue weighted by atomic mass is 35.5. The maximum absolute atomic E-state index is 13.5. The minimum Gasteiger partial charge on any atom is -0.344 e. The minimum absolute atomic E-state index is 0.0419. The summed E-state index contributed by atoms with van der Waals surface area (Å²) in [5, 5.41) is 6.28. The lowest BCUT2D eigenvalue weighted by molar-refractivity contribution is -0.127. The Morgan fingerprint density at radius 1 is 1.27 bits per heavy atom. The molecule has 3 heterocycles. The van der Waals surface area contributed by atoms with Crippen LogP contribution in [0.1, 0.15) is 24.2 Å². The lowest BCUT2D eigenvalue weighted by Crippen LogP contribution is -2.48. The van der Waals surface area contributed by atoms with Gasteiger partial charge in [0.05, 0.1) is 15.6 Å². The van der Waals surface area contributed by atoms with Gasteiger partial charge in [0, 0.05) is 44.1 Å². The van der Waals surface area contributed by atoms with Gasteiger partial charge >= 0.3 is 0 Å². The molecule has 6 nitrogen and oxygen atoms in total. The van der Waals surface area contributed by atoms with Crippen molar-refractivity contribution in [3.8, 4) is 0 Å². The van der Waals surface area contributed by atoms with E-state index in [2.05, 4.69) is 21.8 Å². The van der Waals surface area contributed by atoms with Crippen molar-refractivity contribution in [2.75, 3.05) is 20.1 Å². The summed E-state index contributed by atoms with van der Waals surface area (Å²) in [6.45, 7) is 3.18. The number of halogens is 2. The monoisotopic (exact) mass is 443 g/mol. The zero-order valence-electron chi connectivity index (χ0n) is 16.8.